The lowest BCUT2D eigenvalue weighted by Gasteiger charge is -2.28. The number of carbonyl (C=O) groups excluding carboxylic acids is 1. The van der Waals surface area contributed by atoms with Crippen LogP contribution in [0.2, 0.25) is 0 Å². The predicted molar refractivity (Wildman–Crippen MR) is 84.4 cm³/mol. The van der Waals surface area contributed by atoms with Gasteiger partial charge in [0.25, 0.3) is 0 Å². The monoisotopic (exact) mass is 300 g/mol. The molecule has 0 bridgehead atoms. The number of urea groups is 1. The summed E-state index contributed by atoms with van der Waals surface area (Å²) in [6, 6.07) is -0.0576. The molecule has 0 aliphatic heterocycles. The SMILES string of the molecule is CC(O)CN(C(=O)NCCOC1CCCCCC1)C(C)C. The second-order valence-corrected chi connectivity index (χ2v) is 6.31. The van der Waals surface area contributed by atoms with Crippen LogP contribution in [0.1, 0.15) is 59.3 Å². The van der Waals surface area contributed by atoms with Crippen molar-refractivity contribution in [3.63, 3.8) is 0 Å². The fourth-order valence-corrected chi connectivity index (χ4v) is 2.71. The van der Waals surface area contributed by atoms with Gasteiger partial charge in [0, 0.05) is 19.1 Å². The van der Waals surface area contributed by atoms with Crippen molar-refractivity contribution in [2.45, 2.75) is 77.5 Å². The van der Waals surface area contributed by atoms with Crippen LogP contribution in [0.15, 0.2) is 0 Å². The van der Waals surface area contributed by atoms with E-state index in [4.69, 9.17) is 4.74 Å². The second-order valence-electron chi connectivity index (χ2n) is 6.31. The van der Waals surface area contributed by atoms with Gasteiger partial charge in [-0.3, -0.25) is 0 Å². The van der Waals surface area contributed by atoms with Crippen molar-refractivity contribution in [3.8, 4) is 0 Å². The van der Waals surface area contributed by atoms with E-state index in [1.165, 1.54) is 25.7 Å². The number of hydrogen-bond donors (Lipinski definition) is 2. The zero-order valence-corrected chi connectivity index (χ0v) is 13.8. The first-order chi connectivity index (χ1) is 10.0. The van der Waals surface area contributed by atoms with E-state index in [0.29, 0.717) is 25.8 Å². The number of amides is 2. The van der Waals surface area contributed by atoms with Gasteiger partial charge in [-0.05, 0) is 33.6 Å². The molecule has 0 heterocycles. The highest BCUT2D eigenvalue weighted by Gasteiger charge is 2.18. The van der Waals surface area contributed by atoms with Crippen molar-refractivity contribution in [2.75, 3.05) is 19.7 Å². The molecule has 0 aromatic heterocycles. The van der Waals surface area contributed by atoms with Gasteiger partial charge in [-0.25, -0.2) is 4.79 Å². The molecular weight excluding hydrogens is 268 g/mol. The van der Waals surface area contributed by atoms with Crippen LogP contribution in [0, 0.1) is 0 Å². The number of carbonyl (C=O) groups is 1. The van der Waals surface area contributed by atoms with Gasteiger partial charge in [-0.1, -0.05) is 25.7 Å². The molecule has 21 heavy (non-hydrogen) atoms. The Hall–Kier alpha value is -0.810. The van der Waals surface area contributed by atoms with E-state index < -0.39 is 6.10 Å². The van der Waals surface area contributed by atoms with Crippen molar-refractivity contribution in [3.05, 3.63) is 0 Å². The first-order valence-corrected chi connectivity index (χ1v) is 8.35. The van der Waals surface area contributed by atoms with Crippen LogP contribution in [0.3, 0.4) is 0 Å². The minimum absolute atomic E-state index is 0.0716. The number of rotatable bonds is 7. The lowest BCUT2D eigenvalue weighted by Crippen LogP contribution is -2.47. The van der Waals surface area contributed by atoms with E-state index >= 15 is 0 Å². The zero-order valence-electron chi connectivity index (χ0n) is 13.8. The van der Waals surface area contributed by atoms with Crippen molar-refractivity contribution in [2.24, 2.45) is 0 Å². The van der Waals surface area contributed by atoms with Gasteiger partial charge in [0.1, 0.15) is 0 Å². The molecule has 1 atom stereocenters. The fourth-order valence-electron chi connectivity index (χ4n) is 2.71. The summed E-state index contributed by atoms with van der Waals surface area (Å²) in [5, 5.41) is 12.3. The summed E-state index contributed by atoms with van der Waals surface area (Å²) in [6.45, 7) is 7.04. The van der Waals surface area contributed by atoms with Crippen molar-refractivity contribution >= 4 is 6.03 Å². The van der Waals surface area contributed by atoms with Crippen LogP contribution in [0.25, 0.3) is 0 Å². The Morgan fingerprint density at radius 2 is 1.86 bits per heavy atom. The van der Waals surface area contributed by atoms with Gasteiger partial charge in [0.2, 0.25) is 0 Å². The summed E-state index contributed by atoms with van der Waals surface area (Å²) in [4.78, 5) is 13.7. The highest BCUT2D eigenvalue weighted by molar-refractivity contribution is 5.74. The van der Waals surface area contributed by atoms with E-state index in [0.717, 1.165) is 12.8 Å². The Morgan fingerprint density at radius 3 is 2.38 bits per heavy atom. The van der Waals surface area contributed by atoms with E-state index in [1.807, 2.05) is 13.8 Å². The number of aliphatic hydroxyl groups excluding tert-OH is 1. The first-order valence-electron chi connectivity index (χ1n) is 8.35. The Morgan fingerprint density at radius 1 is 1.24 bits per heavy atom. The molecule has 1 unspecified atom stereocenters. The summed E-state index contributed by atoms with van der Waals surface area (Å²) < 4.78 is 5.85. The van der Waals surface area contributed by atoms with E-state index in [1.54, 1.807) is 11.8 Å². The van der Waals surface area contributed by atoms with Crippen molar-refractivity contribution in [1.29, 1.82) is 0 Å². The molecule has 1 saturated carbocycles. The summed E-state index contributed by atoms with van der Waals surface area (Å²) >= 11 is 0. The first kappa shape index (κ1) is 18.2. The molecule has 0 radical (unpaired) electrons. The molecular formula is C16H32N2O3. The molecule has 0 spiro atoms. The van der Waals surface area contributed by atoms with E-state index in [2.05, 4.69) is 5.32 Å². The van der Waals surface area contributed by atoms with Crippen LogP contribution < -0.4 is 5.32 Å². The molecule has 0 aromatic carbocycles. The molecule has 1 fully saturated rings. The van der Waals surface area contributed by atoms with Gasteiger partial charge in [-0.15, -0.1) is 0 Å². The van der Waals surface area contributed by atoms with Crippen LogP contribution in [-0.2, 0) is 4.74 Å². The van der Waals surface area contributed by atoms with Gasteiger partial charge < -0.3 is 20.1 Å². The molecule has 1 aliphatic carbocycles. The van der Waals surface area contributed by atoms with E-state index in [9.17, 15) is 9.90 Å². The average molecular weight is 300 g/mol. The maximum absolute atomic E-state index is 12.1. The summed E-state index contributed by atoms with van der Waals surface area (Å²) in [7, 11) is 0. The quantitative estimate of drug-likeness (QED) is 0.561. The third-order valence-corrected chi connectivity index (χ3v) is 3.88. The average Bonchev–Trinajstić information content (AvgIpc) is 2.69. The second kappa shape index (κ2) is 10.0. The number of hydrogen-bond acceptors (Lipinski definition) is 3. The molecule has 2 amide bonds. The Balaban J connectivity index is 2.21. The number of nitrogens with one attached hydrogen (secondary N) is 1. The largest absolute Gasteiger partial charge is 0.392 e. The Bertz CT molecular complexity index is 287. The van der Waals surface area contributed by atoms with Crippen LogP contribution in [0.5, 0.6) is 0 Å². The predicted octanol–water partition coefficient (Wildman–Crippen LogP) is 2.53. The number of aliphatic hydroxyl groups is 1. The molecule has 124 valence electrons. The van der Waals surface area contributed by atoms with Crippen LogP contribution >= 0.6 is 0 Å². The lowest BCUT2D eigenvalue weighted by atomic mass is 10.1. The third kappa shape index (κ3) is 7.67. The fraction of sp³-hybridized carbons (Fsp3) is 0.938. The van der Waals surface area contributed by atoms with Crippen molar-refractivity contribution in [1.82, 2.24) is 10.2 Å². The Labute approximate surface area is 129 Å². The number of ether oxygens (including phenoxy) is 1. The van der Waals surface area contributed by atoms with Gasteiger partial charge in [0.15, 0.2) is 0 Å². The maximum atomic E-state index is 12.1. The molecule has 0 aromatic rings. The minimum atomic E-state index is -0.514. The smallest absolute Gasteiger partial charge is 0.317 e. The zero-order chi connectivity index (χ0) is 15.7. The molecule has 2 N–H and O–H groups in total. The third-order valence-electron chi connectivity index (χ3n) is 3.88. The molecule has 5 heteroatoms. The summed E-state index contributed by atoms with van der Waals surface area (Å²) in [5.74, 6) is 0. The van der Waals surface area contributed by atoms with Crippen molar-refractivity contribution < 1.29 is 14.6 Å². The van der Waals surface area contributed by atoms with Crippen LogP contribution in [-0.4, -0.2) is 54.0 Å². The van der Waals surface area contributed by atoms with Gasteiger partial charge >= 0.3 is 6.03 Å². The molecule has 1 aliphatic rings. The lowest BCUT2D eigenvalue weighted by molar-refractivity contribution is 0.0448. The molecule has 5 nitrogen and oxygen atoms in total. The summed E-state index contributed by atoms with van der Waals surface area (Å²) in [5.41, 5.74) is 0. The maximum Gasteiger partial charge on any atom is 0.317 e. The molecule has 0 saturated heterocycles. The minimum Gasteiger partial charge on any atom is -0.392 e. The highest BCUT2D eigenvalue weighted by Crippen LogP contribution is 2.19. The van der Waals surface area contributed by atoms with Gasteiger partial charge in [0.05, 0.1) is 18.8 Å². The highest BCUT2D eigenvalue weighted by atomic mass is 16.5. The standard InChI is InChI=1S/C16H32N2O3/c1-13(2)18(12-14(3)19)16(20)17-10-11-21-15-8-6-4-5-7-9-15/h13-15,19H,4-12H2,1-3H3,(H,17,20). The number of nitrogens with zero attached hydrogens (tertiary/aromatic N) is 1. The van der Waals surface area contributed by atoms with Crippen LogP contribution in [0.4, 0.5) is 4.79 Å². The van der Waals surface area contributed by atoms with Gasteiger partial charge in [-0.2, -0.15) is 0 Å². The summed E-state index contributed by atoms with van der Waals surface area (Å²) in [6.07, 6.45) is 7.29. The normalized spacial score (nSPS) is 18.3. The van der Waals surface area contributed by atoms with E-state index in [-0.39, 0.29) is 12.1 Å². The Kier molecular flexibility index (Phi) is 8.69. The molecule has 1 rings (SSSR count). The topological polar surface area (TPSA) is 61.8 Å².